The summed E-state index contributed by atoms with van der Waals surface area (Å²) in [5.41, 5.74) is -0.796. The van der Waals surface area contributed by atoms with Crippen LogP contribution in [0.1, 0.15) is 5.56 Å². The van der Waals surface area contributed by atoms with Crippen molar-refractivity contribution >= 4 is 27.0 Å². The first-order valence-corrected chi connectivity index (χ1v) is 8.14. The van der Waals surface area contributed by atoms with Gasteiger partial charge in [-0.05, 0) is 30.3 Å². The van der Waals surface area contributed by atoms with Gasteiger partial charge in [0.1, 0.15) is 0 Å². The molecule has 0 N–H and O–H groups in total. The molecular weight excluding hydrogens is 323 g/mol. The molecule has 0 fully saturated rings. The van der Waals surface area contributed by atoms with Gasteiger partial charge < -0.3 is 0 Å². The van der Waals surface area contributed by atoms with Crippen molar-refractivity contribution in [2.75, 3.05) is 6.26 Å². The van der Waals surface area contributed by atoms with E-state index in [1.165, 1.54) is 6.26 Å². The van der Waals surface area contributed by atoms with Gasteiger partial charge in [-0.1, -0.05) is 29.8 Å². The third kappa shape index (κ3) is 3.77. The number of hydrogen-bond donors (Lipinski definition) is 0. The Morgan fingerprint density at radius 2 is 1.71 bits per heavy atom. The molecule has 0 aliphatic rings. The fourth-order valence-corrected chi connectivity index (χ4v) is 3.28. The minimum Gasteiger partial charge on any atom is -0.245 e. The lowest BCUT2D eigenvalue weighted by atomic mass is 10.2. The first-order valence-electron chi connectivity index (χ1n) is 5.84. The smallest absolute Gasteiger partial charge is 0.245 e. The van der Waals surface area contributed by atoms with Crippen molar-refractivity contribution in [1.82, 2.24) is 0 Å². The summed E-state index contributed by atoms with van der Waals surface area (Å²) in [5.74, 6) is 0. The van der Waals surface area contributed by atoms with E-state index in [4.69, 9.17) is 11.6 Å². The summed E-state index contributed by atoms with van der Waals surface area (Å²) in [6, 6.07) is 11.6. The summed E-state index contributed by atoms with van der Waals surface area (Å²) >= 11 is 5.62. The molecule has 0 spiro atoms. The molecule has 7 heteroatoms. The first kappa shape index (κ1) is 15.9. The van der Waals surface area contributed by atoms with Crippen molar-refractivity contribution in [3.05, 3.63) is 59.1 Å². The monoisotopic (exact) mass is 333 g/mol. The Morgan fingerprint density at radius 3 is 2.24 bits per heavy atom. The Bertz CT molecular complexity index is 766. The van der Waals surface area contributed by atoms with E-state index in [1.54, 1.807) is 30.3 Å². The molecule has 2 aromatic rings. The second kappa shape index (κ2) is 5.69. The average Bonchev–Trinajstić information content (AvgIpc) is 2.37. The van der Waals surface area contributed by atoms with Gasteiger partial charge in [0, 0.05) is 11.2 Å². The van der Waals surface area contributed by atoms with Crippen LogP contribution in [0.3, 0.4) is 0 Å². The van der Waals surface area contributed by atoms with Crippen LogP contribution in [0.15, 0.2) is 57.8 Å². The lowest BCUT2D eigenvalue weighted by Gasteiger charge is -2.09. The third-order valence-corrected chi connectivity index (χ3v) is 4.74. The molecule has 2 aromatic carbocycles. The van der Waals surface area contributed by atoms with E-state index in [2.05, 4.69) is 4.36 Å². The maximum Gasteiger partial charge on any atom is 0.417 e. The summed E-state index contributed by atoms with van der Waals surface area (Å²) in [4.78, 5) is 0.501. The minimum absolute atomic E-state index is 0.143. The number of rotatable bonds is 2. The van der Waals surface area contributed by atoms with E-state index in [0.29, 0.717) is 4.90 Å². The van der Waals surface area contributed by atoms with Gasteiger partial charge >= 0.3 is 6.18 Å². The predicted molar refractivity (Wildman–Crippen MR) is 77.3 cm³/mol. The summed E-state index contributed by atoms with van der Waals surface area (Å²) in [5, 5.41) is -0.466. The Morgan fingerprint density at radius 1 is 1.10 bits per heavy atom. The zero-order valence-electron chi connectivity index (χ0n) is 10.9. The number of nitrogens with zero attached hydrogens (tertiary/aromatic N) is 1. The van der Waals surface area contributed by atoms with Gasteiger partial charge in [-0.3, -0.25) is 0 Å². The summed E-state index contributed by atoms with van der Waals surface area (Å²) in [6.07, 6.45) is -3.10. The van der Waals surface area contributed by atoms with E-state index in [1.807, 2.05) is 0 Å². The third-order valence-electron chi connectivity index (χ3n) is 2.72. The molecule has 2 rings (SSSR count). The van der Waals surface area contributed by atoms with Crippen LogP contribution in [-0.4, -0.2) is 10.5 Å². The summed E-state index contributed by atoms with van der Waals surface area (Å²) in [6.45, 7) is 0. The van der Waals surface area contributed by atoms with Crippen LogP contribution in [0, 0.1) is 0 Å². The quantitative estimate of drug-likeness (QED) is 0.747. The standard InChI is InChI=1S/C14H11ClF3NOS/c1-21(20,11-5-3-2-4-6-11)19-10-7-8-12(13(15)9-10)14(16,17)18/h2-9H,1H3/t21-/m1/s1. The second-order valence-electron chi connectivity index (χ2n) is 4.37. The van der Waals surface area contributed by atoms with Crippen molar-refractivity contribution in [2.24, 2.45) is 4.36 Å². The molecule has 0 saturated carbocycles. The Kier molecular flexibility index (Phi) is 4.30. The Labute approximate surface area is 125 Å². The van der Waals surface area contributed by atoms with Crippen LogP contribution in [0.25, 0.3) is 0 Å². The van der Waals surface area contributed by atoms with Crippen molar-refractivity contribution < 1.29 is 17.4 Å². The fourth-order valence-electron chi connectivity index (χ4n) is 1.72. The lowest BCUT2D eigenvalue weighted by Crippen LogP contribution is -2.05. The normalized spacial score (nSPS) is 14.5. The minimum atomic E-state index is -4.53. The van der Waals surface area contributed by atoms with Crippen LogP contribution in [0.5, 0.6) is 0 Å². The number of alkyl halides is 3. The van der Waals surface area contributed by atoms with Gasteiger partial charge in [0.05, 0.1) is 26.0 Å². The molecule has 0 aromatic heterocycles. The van der Waals surface area contributed by atoms with E-state index in [9.17, 15) is 17.4 Å². The SMILES string of the molecule is C[S@](=O)(=Nc1ccc(C(F)(F)F)c(Cl)c1)c1ccccc1. The van der Waals surface area contributed by atoms with Crippen molar-refractivity contribution in [3.8, 4) is 0 Å². The molecule has 2 nitrogen and oxygen atoms in total. The Hall–Kier alpha value is -1.53. The highest BCUT2D eigenvalue weighted by Gasteiger charge is 2.33. The number of benzene rings is 2. The van der Waals surface area contributed by atoms with Crippen molar-refractivity contribution in [2.45, 2.75) is 11.1 Å². The van der Waals surface area contributed by atoms with Gasteiger partial charge in [-0.15, -0.1) is 0 Å². The maximum atomic E-state index is 12.6. The van der Waals surface area contributed by atoms with Crippen molar-refractivity contribution in [3.63, 3.8) is 0 Å². The molecule has 1 atom stereocenters. The number of halogens is 4. The molecule has 21 heavy (non-hydrogen) atoms. The summed E-state index contributed by atoms with van der Waals surface area (Å²) < 4.78 is 54.4. The predicted octanol–water partition coefficient (Wildman–Crippen LogP) is 5.15. The highest BCUT2D eigenvalue weighted by Crippen LogP contribution is 2.36. The van der Waals surface area contributed by atoms with Crippen LogP contribution >= 0.6 is 11.6 Å². The second-order valence-corrected chi connectivity index (χ2v) is 7.03. The molecule has 0 amide bonds. The first-order chi connectivity index (χ1) is 9.70. The summed E-state index contributed by atoms with van der Waals surface area (Å²) in [7, 11) is -2.74. The van der Waals surface area contributed by atoms with E-state index in [-0.39, 0.29) is 5.69 Å². The van der Waals surface area contributed by atoms with Crippen LogP contribution in [-0.2, 0) is 15.9 Å². The molecule has 0 heterocycles. The molecular formula is C14H11ClF3NOS. The van der Waals surface area contributed by atoms with Gasteiger partial charge in [0.15, 0.2) is 0 Å². The molecule has 0 aliphatic carbocycles. The average molecular weight is 334 g/mol. The molecule has 112 valence electrons. The maximum absolute atomic E-state index is 12.6. The lowest BCUT2D eigenvalue weighted by molar-refractivity contribution is -0.137. The highest BCUT2D eigenvalue weighted by atomic mass is 35.5. The van der Waals surface area contributed by atoms with Gasteiger partial charge in [-0.25, -0.2) is 4.21 Å². The van der Waals surface area contributed by atoms with Crippen LogP contribution in [0.4, 0.5) is 18.9 Å². The molecule has 0 saturated heterocycles. The fraction of sp³-hybridized carbons (Fsp3) is 0.143. The van der Waals surface area contributed by atoms with E-state index >= 15 is 0 Å². The topological polar surface area (TPSA) is 29.4 Å². The zero-order chi connectivity index (χ0) is 15.7. The van der Waals surface area contributed by atoms with Gasteiger partial charge in [-0.2, -0.15) is 17.5 Å². The van der Waals surface area contributed by atoms with Crippen LogP contribution in [0.2, 0.25) is 5.02 Å². The van der Waals surface area contributed by atoms with Crippen LogP contribution < -0.4 is 0 Å². The van der Waals surface area contributed by atoms with E-state index in [0.717, 1.165) is 18.2 Å². The number of hydrogen-bond acceptors (Lipinski definition) is 2. The van der Waals surface area contributed by atoms with Crippen molar-refractivity contribution in [1.29, 1.82) is 0 Å². The largest absolute Gasteiger partial charge is 0.417 e. The van der Waals surface area contributed by atoms with Gasteiger partial charge in [0.2, 0.25) is 0 Å². The molecule has 0 radical (unpaired) electrons. The highest BCUT2D eigenvalue weighted by molar-refractivity contribution is 7.93. The molecule has 0 unspecified atom stereocenters. The molecule has 0 aliphatic heterocycles. The van der Waals surface area contributed by atoms with Gasteiger partial charge in [0.25, 0.3) is 0 Å². The van der Waals surface area contributed by atoms with E-state index < -0.39 is 26.5 Å². The molecule has 0 bridgehead atoms. The Balaban J connectivity index is 2.47. The zero-order valence-corrected chi connectivity index (χ0v) is 12.5.